The number of hydrogen-bond acceptors (Lipinski definition) is 4. The van der Waals surface area contributed by atoms with E-state index in [1.165, 1.54) is 0 Å². The van der Waals surface area contributed by atoms with Gasteiger partial charge in [-0.15, -0.1) is 30.3 Å². The summed E-state index contributed by atoms with van der Waals surface area (Å²) in [6.07, 6.45) is 2.72. The van der Waals surface area contributed by atoms with E-state index >= 15 is 0 Å². The van der Waals surface area contributed by atoms with Crippen LogP contribution in [0.1, 0.15) is 32.1 Å². The molecule has 0 aromatic rings. The van der Waals surface area contributed by atoms with Crippen molar-refractivity contribution in [3.63, 3.8) is 0 Å². The number of hydrogen-bond donors (Lipinski definition) is 0. The standard InChI is InChI=1S/C6H11F5N3OP3/c7-16(8)12-17(9,10)14-18(11,13-16)15-6-4-2-1-3-5-6/h6H,1-5H2. The third kappa shape index (κ3) is 3.89. The summed E-state index contributed by atoms with van der Waals surface area (Å²) in [5.74, 6) is 0. The highest BCUT2D eigenvalue weighted by Gasteiger charge is 2.41. The van der Waals surface area contributed by atoms with Gasteiger partial charge in [0.25, 0.3) is 0 Å². The first kappa shape index (κ1) is 14.7. The maximum atomic E-state index is 13.9. The molecule has 1 saturated carbocycles. The van der Waals surface area contributed by atoms with Crippen molar-refractivity contribution in [3.8, 4) is 0 Å². The Morgan fingerprint density at radius 3 is 1.89 bits per heavy atom. The summed E-state index contributed by atoms with van der Waals surface area (Å²) in [4.78, 5) is 0. The van der Waals surface area contributed by atoms with E-state index < -0.39 is 29.5 Å². The zero-order valence-electron chi connectivity index (χ0n) is 9.09. The second-order valence-electron chi connectivity index (χ2n) is 4.02. The lowest BCUT2D eigenvalue weighted by molar-refractivity contribution is 0.160. The van der Waals surface area contributed by atoms with Gasteiger partial charge in [-0.3, -0.25) is 4.52 Å². The first-order valence-corrected chi connectivity index (χ1v) is 9.74. The Morgan fingerprint density at radius 2 is 1.33 bits per heavy atom. The summed E-state index contributed by atoms with van der Waals surface area (Å²) >= 11 is 0. The van der Waals surface area contributed by atoms with Crippen molar-refractivity contribution < 1.29 is 25.5 Å². The summed E-state index contributed by atoms with van der Waals surface area (Å²) in [7, 11) is -16.2. The Balaban J connectivity index is 2.28. The Bertz CT molecular complexity index is 483. The highest BCUT2D eigenvalue weighted by Crippen LogP contribution is 2.82. The molecule has 0 bridgehead atoms. The molecular formula is C6H11F5N3OP3. The van der Waals surface area contributed by atoms with Crippen LogP contribution in [0.2, 0.25) is 0 Å². The third-order valence-electron chi connectivity index (χ3n) is 2.49. The van der Waals surface area contributed by atoms with Crippen LogP contribution in [0.5, 0.6) is 0 Å². The SMILES string of the molecule is FP1(F)=NP(F)(F)=NP(F)(OC2CCCCC2)=N1. The van der Waals surface area contributed by atoms with E-state index in [-0.39, 0.29) is 0 Å². The Hall–Kier alpha value is 0.300. The third-order valence-corrected chi connectivity index (χ3v) is 8.26. The van der Waals surface area contributed by atoms with Gasteiger partial charge >= 0.3 is 23.4 Å². The number of nitrogens with zero attached hydrogens (tertiary/aromatic N) is 3. The minimum Gasteiger partial charge on any atom is -0.300 e. The Labute approximate surface area is 101 Å². The molecule has 1 fully saturated rings. The quantitative estimate of drug-likeness (QED) is 0.396. The molecule has 1 unspecified atom stereocenters. The molecule has 18 heavy (non-hydrogen) atoms. The summed E-state index contributed by atoms with van der Waals surface area (Å²) in [6.45, 7) is 0. The molecule has 0 radical (unpaired) electrons. The Morgan fingerprint density at radius 1 is 0.778 bits per heavy atom. The van der Waals surface area contributed by atoms with Gasteiger partial charge in [-0.05, 0) is 12.8 Å². The van der Waals surface area contributed by atoms with Gasteiger partial charge in [0.05, 0.1) is 6.10 Å². The molecule has 1 aliphatic carbocycles. The topological polar surface area (TPSA) is 46.3 Å². The second-order valence-corrected chi connectivity index (χ2v) is 9.14. The summed E-state index contributed by atoms with van der Waals surface area (Å²) in [6, 6.07) is 0. The molecule has 0 amide bonds. The van der Waals surface area contributed by atoms with Crippen molar-refractivity contribution in [2.45, 2.75) is 38.2 Å². The highest BCUT2D eigenvalue weighted by molar-refractivity contribution is 7.77. The zero-order chi connectivity index (χ0) is 13.4. The van der Waals surface area contributed by atoms with E-state index in [4.69, 9.17) is 4.52 Å². The fourth-order valence-corrected chi connectivity index (χ4v) is 7.33. The van der Waals surface area contributed by atoms with Crippen molar-refractivity contribution in [3.05, 3.63) is 0 Å². The van der Waals surface area contributed by atoms with Crippen molar-refractivity contribution in [2.75, 3.05) is 0 Å². The predicted octanol–water partition coefficient (Wildman–Crippen LogP) is 7.04. The summed E-state index contributed by atoms with van der Waals surface area (Å²) in [5, 5.41) is 0. The van der Waals surface area contributed by atoms with Gasteiger partial charge in [0, 0.05) is 0 Å². The van der Waals surface area contributed by atoms with E-state index in [1.807, 2.05) is 4.52 Å². The molecule has 2 rings (SSSR count). The van der Waals surface area contributed by atoms with Crippen LogP contribution in [0.25, 0.3) is 0 Å². The monoisotopic (exact) mass is 329 g/mol. The van der Waals surface area contributed by atoms with Crippen molar-refractivity contribution in [1.82, 2.24) is 0 Å². The van der Waals surface area contributed by atoms with Crippen molar-refractivity contribution in [1.29, 1.82) is 0 Å². The molecule has 2 aliphatic rings. The van der Waals surface area contributed by atoms with Gasteiger partial charge in [-0.2, -0.15) is 4.20 Å². The van der Waals surface area contributed by atoms with Crippen LogP contribution < -0.4 is 0 Å². The molecule has 1 atom stereocenters. The number of rotatable bonds is 2. The van der Waals surface area contributed by atoms with E-state index in [1.54, 1.807) is 0 Å². The molecule has 0 spiro atoms. The molecule has 0 aromatic heterocycles. The van der Waals surface area contributed by atoms with Crippen molar-refractivity contribution in [2.24, 2.45) is 13.5 Å². The van der Waals surface area contributed by atoms with E-state index in [9.17, 15) is 21.0 Å². The molecule has 1 heterocycles. The predicted molar refractivity (Wildman–Crippen MR) is 61.5 cm³/mol. The lowest BCUT2D eigenvalue weighted by Crippen LogP contribution is -2.14. The molecule has 0 saturated heterocycles. The summed E-state index contributed by atoms with van der Waals surface area (Å²) in [5.41, 5.74) is 0. The van der Waals surface area contributed by atoms with Crippen LogP contribution in [0.3, 0.4) is 0 Å². The van der Waals surface area contributed by atoms with Gasteiger partial charge in [-0.25, -0.2) is 0 Å². The Kier molecular flexibility index (Phi) is 4.09. The minimum atomic E-state index is -5.64. The second kappa shape index (κ2) is 5.01. The molecule has 12 heteroatoms. The van der Waals surface area contributed by atoms with Gasteiger partial charge in [0.1, 0.15) is 0 Å². The average Bonchev–Trinajstić information content (AvgIpc) is 2.11. The van der Waals surface area contributed by atoms with Gasteiger partial charge in [0.15, 0.2) is 0 Å². The lowest BCUT2D eigenvalue weighted by atomic mass is 9.98. The normalized spacial score (nSPS) is 35.2. The highest BCUT2D eigenvalue weighted by atomic mass is 31.3. The molecule has 4 nitrogen and oxygen atoms in total. The molecule has 0 aromatic carbocycles. The van der Waals surface area contributed by atoms with Crippen LogP contribution in [-0.2, 0) is 4.52 Å². The minimum absolute atomic E-state index is 0.460. The van der Waals surface area contributed by atoms with Crippen LogP contribution in [-0.4, -0.2) is 6.10 Å². The molecule has 0 N–H and O–H groups in total. The van der Waals surface area contributed by atoms with E-state index in [2.05, 4.69) is 9.03 Å². The molecule has 106 valence electrons. The van der Waals surface area contributed by atoms with Crippen LogP contribution in [0.4, 0.5) is 21.0 Å². The smallest absolute Gasteiger partial charge is 0.300 e. The maximum absolute atomic E-state index is 13.9. The van der Waals surface area contributed by atoms with Gasteiger partial charge in [0.2, 0.25) is 0 Å². The summed E-state index contributed by atoms with van der Waals surface area (Å²) < 4.78 is 77.2. The van der Waals surface area contributed by atoms with Gasteiger partial charge < -0.3 is 0 Å². The maximum Gasteiger partial charge on any atom is 0.425 e. The van der Waals surface area contributed by atoms with Gasteiger partial charge in [-0.1, -0.05) is 19.3 Å². The molecular weight excluding hydrogens is 318 g/mol. The first-order chi connectivity index (χ1) is 8.20. The lowest BCUT2D eigenvalue weighted by Gasteiger charge is -2.25. The fourth-order valence-electron chi connectivity index (χ4n) is 1.85. The van der Waals surface area contributed by atoms with Crippen LogP contribution >= 0.6 is 23.4 Å². The van der Waals surface area contributed by atoms with Crippen LogP contribution in [0.15, 0.2) is 13.5 Å². The average molecular weight is 329 g/mol. The zero-order valence-corrected chi connectivity index (χ0v) is 11.8. The first-order valence-electron chi connectivity index (χ1n) is 5.28. The van der Waals surface area contributed by atoms with E-state index in [0.29, 0.717) is 12.8 Å². The van der Waals surface area contributed by atoms with E-state index in [0.717, 1.165) is 19.3 Å². The van der Waals surface area contributed by atoms with Crippen LogP contribution in [0, 0.1) is 0 Å². The largest absolute Gasteiger partial charge is 0.425 e. The van der Waals surface area contributed by atoms with Crippen molar-refractivity contribution >= 4 is 23.4 Å². The number of halogens is 5. The fraction of sp³-hybridized carbons (Fsp3) is 1.00. The molecule has 1 aliphatic heterocycles.